The molecular formula is C12H16IN. The molecule has 0 aliphatic heterocycles. The normalized spacial score (nSPS) is 18.1. The molecule has 1 aromatic carbocycles. The summed E-state index contributed by atoms with van der Waals surface area (Å²) in [6.45, 7) is 3.25. The van der Waals surface area contributed by atoms with Gasteiger partial charge in [-0.25, -0.2) is 0 Å². The van der Waals surface area contributed by atoms with Crippen LogP contribution in [0.15, 0.2) is 24.3 Å². The minimum Gasteiger partial charge on any atom is -0.310 e. The van der Waals surface area contributed by atoms with E-state index < -0.39 is 0 Å². The first-order valence-electron chi connectivity index (χ1n) is 5.30. The minimum atomic E-state index is 0.592. The van der Waals surface area contributed by atoms with Crippen LogP contribution in [0.4, 0.5) is 0 Å². The maximum Gasteiger partial charge on any atom is 0.0348 e. The SMILES string of the molecule is CCNC(c1cccc(I)c1)C1CC1. The van der Waals surface area contributed by atoms with Crippen molar-refractivity contribution in [1.82, 2.24) is 5.32 Å². The lowest BCUT2D eigenvalue weighted by molar-refractivity contribution is 0.496. The molecule has 0 aromatic heterocycles. The van der Waals surface area contributed by atoms with Gasteiger partial charge < -0.3 is 5.32 Å². The highest BCUT2D eigenvalue weighted by atomic mass is 127. The Hall–Kier alpha value is -0.0900. The van der Waals surface area contributed by atoms with Crippen molar-refractivity contribution in [2.24, 2.45) is 5.92 Å². The molecule has 0 bridgehead atoms. The summed E-state index contributed by atoms with van der Waals surface area (Å²) in [7, 11) is 0. The lowest BCUT2D eigenvalue weighted by Crippen LogP contribution is -2.22. The zero-order chi connectivity index (χ0) is 9.97. The Balaban J connectivity index is 2.16. The predicted molar refractivity (Wildman–Crippen MR) is 68.3 cm³/mol. The average molecular weight is 301 g/mol. The standard InChI is InChI=1S/C12H16IN/c1-2-14-12(9-6-7-9)10-4-3-5-11(13)8-10/h3-5,8-9,12,14H,2,6-7H2,1H3. The molecule has 1 saturated carbocycles. The molecule has 0 radical (unpaired) electrons. The van der Waals surface area contributed by atoms with Crippen molar-refractivity contribution in [2.75, 3.05) is 6.54 Å². The topological polar surface area (TPSA) is 12.0 Å². The van der Waals surface area contributed by atoms with Gasteiger partial charge in [-0.2, -0.15) is 0 Å². The fraction of sp³-hybridized carbons (Fsp3) is 0.500. The molecule has 1 aliphatic carbocycles. The van der Waals surface area contributed by atoms with Crippen LogP contribution in [0.1, 0.15) is 31.4 Å². The van der Waals surface area contributed by atoms with E-state index in [2.05, 4.69) is 59.1 Å². The Labute approximate surface area is 99.4 Å². The quantitative estimate of drug-likeness (QED) is 0.841. The second-order valence-electron chi connectivity index (χ2n) is 3.93. The van der Waals surface area contributed by atoms with Gasteiger partial charge in [0.2, 0.25) is 0 Å². The van der Waals surface area contributed by atoms with Crippen LogP contribution in [0.2, 0.25) is 0 Å². The lowest BCUT2D eigenvalue weighted by atomic mass is 10.0. The zero-order valence-electron chi connectivity index (χ0n) is 8.46. The fourth-order valence-corrected chi connectivity index (χ4v) is 2.47. The van der Waals surface area contributed by atoms with Crippen LogP contribution in [0, 0.1) is 9.49 Å². The molecule has 0 saturated heterocycles. The largest absolute Gasteiger partial charge is 0.310 e. The van der Waals surface area contributed by atoms with Crippen LogP contribution in [-0.4, -0.2) is 6.54 Å². The Bertz CT molecular complexity index is 307. The third-order valence-electron chi connectivity index (χ3n) is 2.73. The van der Waals surface area contributed by atoms with E-state index in [4.69, 9.17) is 0 Å². The average Bonchev–Trinajstić information content (AvgIpc) is 2.97. The summed E-state index contributed by atoms with van der Waals surface area (Å²) in [6.07, 6.45) is 2.78. The molecule has 14 heavy (non-hydrogen) atoms. The van der Waals surface area contributed by atoms with Gasteiger partial charge in [-0.1, -0.05) is 19.1 Å². The Kier molecular flexibility index (Phi) is 3.44. The molecule has 1 N–H and O–H groups in total. The van der Waals surface area contributed by atoms with Crippen molar-refractivity contribution in [3.63, 3.8) is 0 Å². The van der Waals surface area contributed by atoms with Gasteiger partial charge in [-0.3, -0.25) is 0 Å². The molecule has 1 aliphatic rings. The number of hydrogen-bond donors (Lipinski definition) is 1. The monoisotopic (exact) mass is 301 g/mol. The summed E-state index contributed by atoms with van der Waals surface area (Å²) in [6, 6.07) is 9.44. The number of hydrogen-bond acceptors (Lipinski definition) is 1. The highest BCUT2D eigenvalue weighted by Gasteiger charge is 2.31. The molecule has 0 amide bonds. The van der Waals surface area contributed by atoms with E-state index in [1.807, 2.05) is 0 Å². The molecule has 1 aromatic rings. The van der Waals surface area contributed by atoms with Crippen LogP contribution in [0.25, 0.3) is 0 Å². The number of halogens is 1. The van der Waals surface area contributed by atoms with Crippen molar-refractivity contribution >= 4 is 22.6 Å². The molecule has 0 heterocycles. The first-order chi connectivity index (χ1) is 6.81. The van der Waals surface area contributed by atoms with Gasteiger partial charge in [-0.05, 0) is 65.6 Å². The van der Waals surface area contributed by atoms with E-state index in [-0.39, 0.29) is 0 Å². The predicted octanol–water partition coefficient (Wildman–Crippen LogP) is 3.35. The van der Waals surface area contributed by atoms with Crippen molar-refractivity contribution in [3.05, 3.63) is 33.4 Å². The molecule has 76 valence electrons. The van der Waals surface area contributed by atoms with Crippen molar-refractivity contribution < 1.29 is 0 Å². The zero-order valence-corrected chi connectivity index (χ0v) is 10.6. The third kappa shape index (κ3) is 2.48. The van der Waals surface area contributed by atoms with Crippen molar-refractivity contribution in [3.8, 4) is 0 Å². The van der Waals surface area contributed by atoms with E-state index in [0.29, 0.717) is 6.04 Å². The van der Waals surface area contributed by atoms with Gasteiger partial charge in [0, 0.05) is 9.61 Å². The first-order valence-corrected chi connectivity index (χ1v) is 6.38. The van der Waals surface area contributed by atoms with E-state index >= 15 is 0 Å². The molecular weight excluding hydrogens is 285 g/mol. The lowest BCUT2D eigenvalue weighted by Gasteiger charge is -2.17. The molecule has 2 heteroatoms. The van der Waals surface area contributed by atoms with Gasteiger partial charge >= 0.3 is 0 Å². The number of benzene rings is 1. The van der Waals surface area contributed by atoms with Crippen LogP contribution in [0.3, 0.4) is 0 Å². The van der Waals surface area contributed by atoms with Crippen LogP contribution in [-0.2, 0) is 0 Å². The summed E-state index contributed by atoms with van der Waals surface area (Å²) < 4.78 is 1.34. The van der Waals surface area contributed by atoms with E-state index in [9.17, 15) is 0 Å². The number of rotatable bonds is 4. The third-order valence-corrected chi connectivity index (χ3v) is 3.40. The molecule has 2 rings (SSSR count). The highest BCUT2D eigenvalue weighted by Crippen LogP contribution is 2.41. The number of nitrogens with one attached hydrogen (secondary N) is 1. The van der Waals surface area contributed by atoms with Gasteiger partial charge in [0.25, 0.3) is 0 Å². The van der Waals surface area contributed by atoms with E-state index in [0.717, 1.165) is 12.5 Å². The molecule has 1 unspecified atom stereocenters. The Morgan fingerprint density at radius 3 is 2.86 bits per heavy atom. The first kappa shape index (κ1) is 10.4. The van der Waals surface area contributed by atoms with E-state index in [1.165, 1.54) is 22.0 Å². The molecule has 1 atom stereocenters. The maximum atomic E-state index is 3.58. The highest BCUT2D eigenvalue weighted by molar-refractivity contribution is 14.1. The smallest absolute Gasteiger partial charge is 0.0348 e. The van der Waals surface area contributed by atoms with Gasteiger partial charge in [0.15, 0.2) is 0 Å². The Morgan fingerprint density at radius 1 is 1.50 bits per heavy atom. The Morgan fingerprint density at radius 2 is 2.29 bits per heavy atom. The second kappa shape index (κ2) is 4.62. The summed E-state index contributed by atoms with van der Waals surface area (Å²) >= 11 is 2.38. The molecule has 1 nitrogen and oxygen atoms in total. The molecule has 1 fully saturated rings. The van der Waals surface area contributed by atoms with Gasteiger partial charge in [0.1, 0.15) is 0 Å². The van der Waals surface area contributed by atoms with Gasteiger partial charge in [-0.15, -0.1) is 0 Å². The van der Waals surface area contributed by atoms with Crippen LogP contribution < -0.4 is 5.32 Å². The van der Waals surface area contributed by atoms with Crippen LogP contribution in [0.5, 0.6) is 0 Å². The van der Waals surface area contributed by atoms with Gasteiger partial charge in [0.05, 0.1) is 0 Å². The second-order valence-corrected chi connectivity index (χ2v) is 5.17. The van der Waals surface area contributed by atoms with Crippen molar-refractivity contribution in [1.29, 1.82) is 0 Å². The summed E-state index contributed by atoms with van der Waals surface area (Å²) in [5, 5.41) is 3.58. The molecule has 0 spiro atoms. The van der Waals surface area contributed by atoms with Crippen molar-refractivity contribution in [2.45, 2.75) is 25.8 Å². The van der Waals surface area contributed by atoms with Crippen LogP contribution >= 0.6 is 22.6 Å². The fourth-order valence-electron chi connectivity index (χ4n) is 1.91. The maximum absolute atomic E-state index is 3.58. The summed E-state index contributed by atoms with van der Waals surface area (Å²) in [5.74, 6) is 0.883. The minimum absolute atomic E-state index is 0.592. The van der Waals surface area contributed by atoms with E-state index in [1.54, 1.807) is 0 Å². The summed E-state index contributed by atoms with van der Waals surface area (Å²) in [4.78, 5) is 0. The summed E-state index contributed by atoms with van der Waals surface area (Å²) in [5.41, 5.74) is 1.46.